The van der Waals surface area contributed by atoms with E-state index in [1.807, 2.05) is 0 Å². The van der Waals surface area contributed by atoms with E-state index in [0.717, 1.165) is 0 Å². The van der Waals surface area contributed by atoms with Crippen LogP contribution in [0.25, 0.3) is 0 Å². The van der Waals surface area contributed by atoms with Crippen LogP contribution in [-0.2, 0) is 30.4 Å². The maximum absolute atomic E-state index is 10.8. The van der Waals surface area contributed by atoms with E-state index >= 15 is 0 Å². The number of benzene rings is 1. The fourth-order valence-electron chi connectivity index (χ4n) is 1.20. The van der Waals surface area contributed by atoms with Crippen molar-refractivity contribution < 1.29 is 193 Å². The summed E-state index contributed by atoms with van der Waals surface area (Å²) in [5.74, 6) is 0. The van der Waals surface area contributed by atoms with Crippen LogP contribution in [0.1, 0.15) is 0 Å². The molecule has 2 N–H and O–H groups in total. The Balaban J connectivity index is -0.00000120. The molecule has 22 heavy (non-hydrogen) atoms. The van der Waals surface area contributed by atoms with E-state index in [1.165, 1.54) is 0 Å². The minimum absolute atomic E-state index is 0. The van der Waals surface area contributed by atoms with Crippen molar-refractivity contribution in [2.75, 3.05) is 5.73 Å². The monoisotopic (exact) mass is 447 g/mol. The molecular formula is C6H4K3NO9S3. The van der Waals surface area contributed by atoms with E-state index in [-0.39, 0.29) is 166 Å². The van der Waals surface area contributed by atoms with Gasteiger partial charge in [0, 0.05) is 0 Å². The largest absolute Gasteiger partial charge is 1.00 e. The molecule has 1 rings (SSSR count). The van der Waals surface area contributed by atoms with Crippen molar-refractivity contribution in [2.24, 2.45) is 0 Å². The molecule has 0 aliphatic heterocycles. The molecule has 10 nitrogen and oxygen atoms in total. The third-order valence-electron chi connectivity index (χ3n) is 1.87. The molecule has 0 aliphatic rings. The number of rotatable bonds is 3. The summed E-state index contributed by atoms with van der Waals surface area (Å²) in [6.07, 6.45) is 0. The summed E-state index contributed by atoms with van der Waals surface area (Å²) in [4.78, 5) is -4.52. The summed E-state index contributed by atoms with van der Waals surface area (Å²) in [6.45, 7) is 0. The summed E-state index contributed by atoms with van der Waals surface area (Å²) in [5.41, 5.74) is 3.89. The summed E-state index contributed by atoms with van der Waals surface area (Å²) >= 11 is 0. The molecule has 1 aromatic carbocycles. The third kappa shape index (κ3) is 8.57. The van der Waals surface area contributed by atoms with Gasteiger partial charge in [-0.2, -0.15) is 0 Å². The SMILES string of the molecule is Nc1cc(S(=O)(=O)[O-])cc(S(=O)(=O)[O-])c1S(=O)(=O)[O-].[K+].[K+].[K+]. The number of anilines is 1. The first-order chi connectivity index (χ1) is 8.24. The minimum atomic E-state index is -5.53. The van der Waals surface area contributed by atoms with Crippen molar-refractivity contribution in [3.05, 3.63) is 12.1 Å². The van der Waals surface area contributed by atoms with Crippen LogP contribution < -0.4 is 160 Å². The summed E-state index contributed by atoms with van der Waals surface area (Å²) in [6, 6.07) is 0.258. The van der Waals surface area contributed by atoms with Gasteiger partial charge in [-0.1, -0.05) is 0 Å². The molecule has 0 saturated carbocycles. The van der Waals surface area contributed by atoms with Crippen molar-refractivity contribution in [3.63, 3.8) is 0 Å². The van der Waals surface area contributed by atoms with Gasteiger partial charge >= 0.3 is 154 Å². The number of hydrogen-bond donors (Lipinski definition) is 1. The number of hydrogen-bond acceptors (Lipinski definition) is 10. The quantitative estimate of drug-likeness (QED) is 0.263. The van der Waals surface area contributed by atoms with Crippen LogP contribution in [0.3, 0.4) is 0 Å². The van der Waals surface area contributed by atoms with Crippen molar-refractivity contribution >= 4 is 36.0 Å². The first-order valence-electron chi connectivity index (χ1n) is 4.06. The molecule has 0 aromatic heterocycles. The van der Waals surface area contributed by atoms with Crippen LogP contribution in [-0.4, -0.2) is 38.9 Å². The zero-order chi connectivity index (χ0) is 15.2. The molecule has 0 unspecified atom stereocenters. The second-order valence-corrected chi connectivity index (χ2v) is 7.25. The molecule has 16 heteroatoms. The van der Waals surface area contributed by atoms with Crippen molar-refractivity contribution in [2.45, 2.75) is 14.7 Å². The molecular weight excluding hydrogens is 444 g/mol. The van der Waals surface area contributed by atoms with Crippen LogP contribution >= 0.6 is 0 Å². The summed E-state index contributed by atoms with van der Waals surface area (Å²) < 4.78 is 97.0. The molecule has 0 radical (unpaired) electrons. The molecule has 0 fully saturated rings. The smallest absolute Gasteiger partial charge is 0.744 e. The van der Waals surface area contributed by atoms with E-state index in [4.69, 9.17) is 5.73 Å². The number of nitrogen functional groups attached to an aromatic ring is 1. The van der Waals surface area contributed by atoms with Crippen LogP contribution in [0.2, 0.25) is 0 Å². The fraction of sp³-hybridized carbons (Fsp3) is 0. The standard InChI is InChI=1S/C6H7NO9S3.3K/c7-4-1-3(17(8,9)10)2-5(18(11,12)13)6(4)19(14,15)16;;;/h1-2H,7H2,(H,8,9,10)(H,11,12,13)(H,14,15,16);;;/q;3*+1/p-3. The minimum Gasteiger partial charge on any atom is -0.744 e. The second kappa shape index (κ2) is 10.9. The Morgan fingerprint density at radius 3 is 1.41 bits per heavy atom. The van der Waals surface area contributed by atoms with E-state index in [2.05, 4.69) is 0 Å². The Morgan fingerprint density at radius 1 is 0.727 bits per heavy atom. The van der Waals surface area contributed by atoms with E-state index in [1.54, 1.807) is 0 Å². The molecule has 0 heterocycles. The van der Waals surface area contributed by atoms with Crippen molar-refractivity contribution in [1.82, 2.24) is 0 Å². The second-order valence-electron chi connectivity index (χ2n) is 3.20. The maximum atomic E-state index is 10.8. The van der Waals surface area contributed by atoms with Gasteiger partial charge in [0.15, 0.2) is 0 Å². The predicted molar refractivity (Wildman–Crippen MR) is 54.7 cm³/mol. The van der Waals surface area contributed by atoms with Gasteiger partial charge in [0.25, 0.3) is 0 Å². The van der Waals surface area contributed by atoms with Gasteiger partial charge in [-0.3, -0.25) is 0 Å². The van der Waals surface area contributed by atoms with Gasteiger partial charge in [-0.05, 0) is 12.1 Å². The molecule has 108 valence electrons. The van der Waals surface area contributed by atoms with Gasteiger partial charge in [0.1, 0.15) is 30.4 Å². The Hall–Kier alpha value is 3.66. The first-order valence-corrected chi connectivity index (χ1v) is 8.28. The third-order valence-corrected chi connectivity index (χ3v) is 4.62. The Kier molecular flexibility index (Phi) is 15.0. The van der Waals surface area contributed by atoms with E-state index in [9.17, 15) is 38.9 Å². The fourth-order valence-corrected chi connectivity index (χ4v) is 3.68. The van der Waals surface area contributed by atoms with Gasteiger partial charge in [0.05, 0.1) is 20.4 Å². The average Bonchev–Trinajstić information content (AvgIpc) is 2.11. The van der Waals surface area contributed by atoms with Crippen LogP contribution in [0.5, 0.6) is 0 Å². The number of nitrogens with two attached hydrogens (primary N) is 1. The molecule has 0 atom stereocenters. The van der Waals surface area contributed by atoms with Crippen molar-refractivity contribution in [3.8, 4) is 0 Å². The van der Waals surface area contributed by atoms with Gasteiger partial charge < -0.3 is 19.4 Å². The zero-order valence-corrected chi connectivity index (χ0v) is 23.4. The maximum Gasteiger partial charge on any atom is 1.00 e. The van der Waals surface area contributed by atoms with Gasteiger partial charge in [-0.25, -0.2) is 25.3 Å². The molecule has 1 aromatic rings. The summed E-state index contributed by atoms with van der Waals surface area (Å²) in [7, 11) is -16.2. The molecule has 0 amide bonds. The topological polar surface area (TPSA) is 198 Å². The average molecular weight is 448 g/mol. The Morgan fingerprint density at radius 2 is 1.14 bits per heavy atom. The Bertz CT molecular complexity index is 847. The summed E-state index contributed by atoms with van der Waals surface area (Å²) in [5, 5.41) is 0. The molecule has 0 aliphatic carbocycles. The predicted octanol–water partition coefficient (Wildman–Crippen LogP) is -11.0. The van der Waals surface area contributed by atoms with Crippen molar-refractivity contribution in [1.29, 1.82) is 0 Å². The molecule has 0 spiro atoms. The van der Waals surface area contributed by atoms with Gasteiger partial charge in [-0.15, -0.1) is 0 Å². The first kappa shape index (κ1) is 30.4. The van der Waals surface area contributed by atoms with Gasteiger partial charge in [0.2, 0.25) is 0 Å². The molecule has 0 bridgehead atoms. The Labute approximate surface area is 254 Å². The molecule has 0 saturated heterocycles. The van der Waals surface area contributed by atoms with Crippen LogP contribution in [0.4, 0.5) is 5.69 Å². The normalized spacial score (nSPS) is 11.6. The van der Waals surface area contributed by atoms with Crippen LogP contribution in [0.15, 0.2) is 26.8 Å². The van der Waals surface area contributed by atoms with Crippen LogP contribution in [0, 0.1) is 0 Å². The van der Waals surface area contributed by atoms with E-state index in [0.29, 0.717) is 0 Å². The van der Waals surface area contributed by atoms with E-state index < -0.39 is 50.7 Å². The zero-order valence-electron chi connectivity index (χ0n) is 11.6.